The first kappa shape index (κ1) is 19.1. The molecule has 2 aromatic heterocycles. The van der Waals surface area contributed by atoms with Gasteiger partial charge in [-0.15, -0.1) is 0 Å². The van der Waals surface area contributed by atoms with E-state index in [1.165, 1.54) is 6.33 Å². The standard InChI is InChI=1S/C19H21ClN4O4/c1-2-27-23-17-13-7-8-24(18(13)22-10-21-17)19-16(26)15(25)14(28-19)9-11-3-5-12(20)6-4-11/h3-8,10,14-16,19,25-26H,2,9H2,1H3,(H,21,22,23)/t14-,15-,16-,19-/m1/s1. The summed E-state index contributed by atoms with van der Waals surface area (Å²) >= 11 is 5.92. The van der Waals surface area contributed by atoms with Crippen molar-refractivity contribution >= 4 is 28.5 Å². The highest BCUT2D eigenvalue weighted by molar-refractivity contribution is 6.30. The molecule has 0 aliphatic carbocycles. The van der Waals surface area contributed by atoms with Crippen molar-refractivity contribution in [3.05, 3.63) is 53.4 Å². The van der Waals surface area contributed by atoms with E-state index in [0.29, 0.717) is 29.5 Å². The highest BCUT2D eigenvalue weighted by Crippen LogP contribution is 2.34. The Kier molecular flexibility index (Phi) is 5.47. The molecule has 4 rings (SSSR count). The number of rotatable bonds is 6. The van der Waals surface area contributed by atoms with Crippen LogP contribution in [0.2, 0.25) is 5.02 Å². The third-order valence-corrected chi connectivity index (χ3v) is 5.04. The molecule has 28 heavy (non-hydrogen) atoms. The van der Waals surface area contributed by atoms with Crippen LogP contribution in [0, 0.1) is 0 Å². The average molecular weight is 405 g/mol. The summed E-state index contributed by atoms with van der Waals surface area (Å²) in [5.41, 5.74) is 4.31. The third kappa shape index (κ3) is 3.57. The van der Waals surface area contributed by atoms with Gasteiger partial charge < -0.3 is 19.5 Å². The van der Waals surface area contributed by atoms with Crippen molar-refractivity contribution in [1.82, 2.24) is 14.5 Å². The number of nitrogens with one attached hydrogen (secondary N) is 1. The van der Waals surface area contributed by atoms with Crippen LogP contribution >= 0.6 is 11.6 Å². The number of benzene rings is 1. The summed E-state index contributed by atoms with van der Waals surface area (Å²) < 4.78 is 7.71. The molecule has 9 heteroatoms. The van der Waals surface area contributed by atoms with Crippen LogP contribution in [0.1, 0.15) is 18.7 Å². The summed E-state index contributed by atoms with van der Waals surface area (Å²) in [5, 5.41) is 22.5. The Hall–Kier alpha value is -2.23. The molecule has 1 aromatic carbocycles. The van der Waals surface area contributed by atoms with E-state index in [1.807, 2.05) is 25.1 Å². The SMILES string of the molecule is CCONc1ncnc2c1ccn2[C@@H]1O[C@H](Cc2ccc(Cl)cc2)[C@@H](O)[C@H]1O. The fourth-order valence-corrected chi connectivity index (χ4v) is 3.50. The van der Waals surface area contributed by atoms with E-state index in [2.05, 4.69) is 15.4 Å². The molecule has 1 saturated heterocycles. The molecule has 8 nitrogen and oxygen atoms in total. The largest absolute Gasteiger partial charge is 0.388 e. The first-order chi connectivity index (χ1) is 13.6. The van der Waals surface area contributed by atoms with Crippen molar-refractivity contribution in [1.29, 1.82) is 0 Å². The van der Waals surface area contributed by atoms with Crippen molar-refractivity contribution in [3.8, 4) is 0 Å². The van der Waals surface area contributed by atoms with Crippen LogP contribution in [0.3, 0.4) is 0 Å². The maximum Gasteiger partial charge on any atom is 0.164 e. The van der Waals surface area contributed by atoms with Crippen LogP contribution in [0.4, 0.5) is 5.82 Å². The van der Waals surface area contributed by atoms with Gasteiger partial charge in [0.05, 0.1) is 18.1 Å². The van der Waals surface area contributed by atoms with Crippen molar-refractivity contribution < 1.29 is 19.8 Å². The van der Waals surface area contributed by atoms with E-state index in [-0.39, 0.29) is 0 Å². The number of hydrogen-bond acceptors (Lipinski definition) is 7. The van der Waals surface area contributed by atoms with Crippen LogP contribution in [0.15, 0.2) is 42.9 Å². The number of aromatic nitrogens is 3. The molecular formula is C19H21ClN4O4. The highest BCUT2D eigenvalue weighted by Gasteiger charge is 2.44. The first-order valence-electron chi connectivity index (χ1n) is 9.04. The van der Waals surface area contributed by atoms with Gasteiger partial charge in [-0.3, -0.25) is 4.84 Å². The van der Waals surface area contributed by atoms with E-state index in [9.17, 15) is 10.2 Å². The van der Waals surface area contributed by atoms with E-state index < -0.39 is 24.5 Å². The van der Waals surface area contributed by atoms with Gasteiger partial charge in [0.25, 0.3) is 0 Å². The van der Waals surface area contributed by atoms with Crippen molar-refractivity contribution in [2.75, 3.05) is 12.1 Å². The zero-order valence-corrected chi connectivity index (χ0v) is 16.0. The molecule has 3 aromatic rings. The molecule has 1 fully saturated rings. The number of fused-ring (bicyclic) bond motifs is 1. The van der Waals surface area contributed by atoms with E-state index >= 15 is 0 Å². The minimum Gasteiger partial charge on any atom is -0.388 e. The Morgan fingerprint density at radius 1 is 1.18 bits per heavy atom. The predicted molar refractivity (Wildman–Crippen MR) is 104 cm³/mol. The average Bonchev–Trinajstić information content (AvgIpc) is 3.25. The lowest BCUT2D eigenvalue weighted by molar-refractivity contribution is -0.0341. The molecule has 3 N–H and O–H groups in total. The Morgan fingerprint density at radius 2 is 1.96 bits per heavy atom. The fraction of sp³-hybridized carbons (Fsp3) is 0.368. The van der Waals surface area contributed by atoms with Gasteiger partial charge in [-0.25, -0.2) is 15.4 Å². The van der Waals surface area contributed by atoms with Crippen molar-refractivity contribution in [2.24, 2.45) is 0 Å². The molecule has 0 saturated carbocycles. The first-order valence-corrected chi connectivity index (χ1v) is 9.41. The van der Waals surface area contributed by atoms with Gasteiger partial charge in [0.15, 0.2) is 12.0 Å². The molecule has 0 radical (unpaired) electrons. The third-order valence-electron chi connectivity index (χ3n) is 4.78. The van der Waals surface area contributed by atoms with E-state index in [1.54, 1.807) is 22.9 Å². The van der Waals surface area contributed by atoms with Gasteiger partial charge in [0, 0.05) is 17.6 Å². The van der Waals surface area contributed by atoms with Crippen LogP contribution in [0.5, 0.6) is 0 Å². The van der Waals surface area contributed by atoms with Gasteiger partial charge in [-0.2, -0.15) is 0 Å². The second-order valence-corrected chi connectivity index (χ2v) is 7.03. The molecule has 3 heterocycles. The smallest absolute Gasteiger partial charge is 0.164 e. The highest BCUT2D eigenvalue weighted by atomic mass is 35.5. The summed E-state index contributed by atoms with van der Waals surface area (Å²) in [7, 11) is 0. The molecule has 4 atom stereocenters. The quantitative estimate of drug-likeness (QED) is 0.542. The predicted octanol–water partition coefficient (Wildman–Crippen LogP) is 2.31. The summed E-state index contributed by atoms with van der Waals surface area (Å²) in [6, 6.07) is 9.14. The van der Waals surface area contributed by atoms with Gasteiger partial charge >= 0.3 is 0 Å². The van der Waals surface area contributed by atoms with E-state index in [0.717, 1.165) is 10.9 Å². The van der Waals surface area contributed by atoms with Gasteiger partial charge in [-0.1, -0.05) is 23.7 Å². The molecule has 0 amide bonds. The number of aliphatic hydroxyl groups is 2. The lowest BCUT2D eigenvalue weighted by Crippen LogP contribution is -2.32. The minimum atomic E-state index is -1.09. The number of halogens is 1. The fourth-order valence-electron chi connectivity index (χ4n) is 3.38. The Morgan fingerprint density at radius 3 is 2.71 bits per heavy atom. The van der Waals surface area contributed by atoms with Gasteiger partial charge in [-0.05, 0) is 30.7 Å². The Labute approximate surface area is 166 Å². The maximum absolute atomic E-state index is 10.6. The second kappa shape index (κ2) is 8.02. The Bertz CT molecular complexity index is 949. The topological polar surface area (TPSA) is 102 Å². The van der Waals surface area contributed by atoms with Crippen molar-refractivity contribution in [3.63, 3.8) is 0 Å². The van der Waals surface area contributed by atoms with Gasteiger partial charge in [0.1, 0.15) is 24.2 Å². The molecule has 0 spiro atoms. The van der Waals surface area contributed by atoms with E-state index in [4.69, 9.17) is 21.2 Å². The lowest BCUT2D eigenvalue weighted by Gasteiger charge is -2.17. The summed E-state index contributed by atoms with van der Waals surface area (Å²) in [6.07, 6.45) is 0.176. The molecule has 0 bridgehead atoms. The summed E-state index contributed by atoms with van der Waals surface area (Å²) in [4.78, 5) is 13.7. The van der Waals surface area contributed by atoms with Crippen molar-refractivity contribution in [2.45, 2.75) is 37.9 Å². The zero-order valence-electron chi connectivity index (χ0n) is 15.2. The zero-order chi connectivity index (χ0) is 19.7. The van der Waals surface area contributed by atoms with Crippen LogP contribution < -0.4 is 5.48 Å². The van der Waals surface area contributed by atoms with Crippen LogP contribution in [-0.4, -0.2) is 49.7 Å². The second-order valence-electron chi connectivity index (χ2n) is 6.59. The monoisotopic (exact) mass is 404 g/mol. The maximum atomic E-state index is 10.6. The van der Waals surface area contributed by atoms with Gasteiger partial charge in [0.2, 0.25) is 0 Å². The number of anilines is 1. The van der Waals surface area contributed by atoms with Crippen LogP contribution in [-0.2, 0) is 16.0 Å². The minimum absolute atomic E-state index is 0.456. The summed E-state index contributed by atoms with van der Waals surface area (Å²) in [5.74, 6) is 0.524. The number of aliphatic hydroxyl groups excluding tert-OH is 2. The molecule has 148 valence electrons. The number of hydrogen-bond donors (Lipinski definition) is 3. The normalized spacial score (nSPS) is 24.7. The summed E-state index contributed by atoms with van der Waals surface area (Å²) in [6.45, 7) is 2.34. The number of nitrogens with zero attached hydrogens (tertiary/aromatic N) is 3. The molecule has 0 unspecified atom stereocenters. The molecule has 1 aliphatic heterocycles. The lowest BCUT2D eigenvalue weighted by atomic mass is 10.0. The number of ether oxygens (including phenoxy) is 1. The Balaban J connectivity index is 1.58. The molecular weight excluding hydrogens is 384 g/mol. The van der Waals surface area contributed by atoms with Crippen LogP contribution in [0.25, 0.3) is 11.0 Å². The molecule has 1 aliphatic rings.